The van der Waals surface area contributed by atoms with Gasteiger partial charge >= 0.3 is 0 Å². The standard InChI is InChI=1S/C21H25N3O/c1-23-13-17-12-18(15-23)20-10-9-19(21(25)24(20)14-17)22-11-5-8-16-6-3-2-4-7-16/h2-10,17-18,22H,11-15H2,1H3/b8-5+/t17-,18+/m1/s1. The van der Waals surface area contributed by atoms with Gasteiger partial charge in [-0.3, -0.25) is 4.79 Å². The van der Waals surface area contributed by atoms with E-state index in [2.05, 4.69) is 47.6 Å². The van der Waals surface area contributed by atoms with Gasteiger partial charge in [-0.15, -0.1) is 0 Å². The van der Waals surface area contributed by atoms with Crippen LogP contribution < -0.4 is 10.9 Å². The number of hydrogen-bond donors (Lipinski definition) is 1. The SMILES string of the molecule is CN1C[C@H]2C[C@@H](C1)c1ccc(NC/C=C/c3ccccc3)c(=O)n1C2. The number of piperidine rings is 1. The van der Waals surface area contributed by atoms with Gasteiger partial charge in [-0.05, 0) is 37.1 Å². The lowest BCUT2D eigenvalue weighted by atomic mass is 9.83. The lowest BCUT2D eigenvalue weighted by Gasteiger charge is -2.41. The average Bonchev–Trinajstić information content (AvgIpc) is 2.61. The number of nitrogens with one attached hydrogen (secondary N) is 1. The average molecular weight is 335 g/mol. The van der Waals surface area contributed by atoms with E-state index in [1.807, 2.05) is 28.8 Å². The molecular weight excluding hydrogens is 310 g/mol. The number of benzene rings is 1. The van der Waals surface area contributed by atoms with Crippen molar-refractivity contribution in [3.05, 3.63) is 70.2 Å². The van der Waals surface area contributed by atoms with Crippen LogP contribution in [0.4, 0.5) is 5.69 Å². The zero-order valence-electron chi connectivity index (χ0n) is 14.7. The monoisotopic (exact) mass is 335 g/mol. The number of pyridine rings is 1. The molecule has 25 heavy (non-hydrogen) atoms. The Morgan fingerprint density at radius 3 is 2.80 bits per heavy atom. The molecule has 4 heteroatoms. The van der Waals surface area contributed by atoms with E-state index in [0.717, 1.165) is 19.6 Å². The maximum atomic E-state index is 12.9. The highest BCUT2D eigenvalue weighted by molar-refractivity contribution is 5.50. The van der Waals surface area contributed by atoms with Crippen molar-refractivity contribution < 1.29 is 0 Å². The van der Waals surface area contributed by atoms with Crippen LogP contribution in [-0.2, 0) is 6.54 Å². The molecule has 2 aromatic rings. The van der Waals surface area contributed by atoms with Crippen LogP contribution in [0.15, 0.2) is 53.3 Å². The van der Waals surface area contributed by atoms with E-state index in [9.17, 15) is 4.79 Å². The van der Waals surface area contributed by atoms with E-state index in [4.69, 9.17) is 0 Å². The molecule has 2 atom stereocenters. The van der Waals surface area contributed by atoms with Gasteiger partial charge in [-0.25, -0.2) is 0 Å². The summed E-state index contributed by atoms with van der Waals surface area (Å²) in [7, 11) is 2.18. The first-order valence-corrected chi connectivity index (χ1v) is 9.08. The highest BCUT2D eigenvalue weighted by Crippen LogP contribution is 2.34. The number of nitrogens with zero attached hydrogens (tertiary/aromatic N) is 2. The van der Waals surface area contributed by atoms with Gasteiger partial charge in [0.05, 0.1) is 0 Å². The number of likely N-dealkylation sites (tertiary alicyclic amines) is 1. The Kier molecular flexibility index (Phi) is 4.45. The minimum absolute atomic E-state index is 0.130. The van der Waals surface area contributed by atoms with E-state index in [1.165, 1.54) is 17.7 Å². The zero-order chi connectivity index (χ0) is 17.2. The van der Waals surface area contributed by atoms with Crippen LogP contribution >= 0.6 is 0 Å². The molecule has 0 saturated carbocycles. The second-order valence-electron chi connectivity index (χ2n) is 7.30. The van der Waals surface area contributed by atoms with Crippen LogP contribution in [0.1, 0.15) is 23.6 Å². The summed E-state index contributed by atoms with van der Waals surface area (Å²) in [6.07, 6.45) is 5.35. The number of fused-ring (bicyclic) bond motifs is 4. The van der Waals surface area contributed by atoms with Crippen LogP contribution in [0.25, 0.3) is 6.08 Å². The van der Waals surface area contributed by atoms with Crippen LogP contribution in [0.3, 0.4) is 0 Å². The largest absolute Gasteiger partial charge is 0.377 e. The molecule has 0 radical (unpaired) electrons. The van der Waals surface area contributed by atoms with Crippen molar-refractivity contribution in [3.63, 3.8) is 0 Å². The molecule has 2 aliphatic heterocycles. The molecule has 2 aliphatic rings. The molecule has 0 aliphatic carbocycles. The van der Waals surface area contributed by atoms with Gasteiger partial charge in [0.15, 0.2) is 0 Å². The third-order valence-corrected chi connectivity index (χ3v) is 5.31. The summed E-state index contributed by atoms with van der Waals surface area (Å²) >= 11 is 0. The fourth-order valence-corrected chi connectivity index (χ4v) is 4.25. The van der Waals surface area contributed by atoms with Crippen molar-refractivity contribution >= 4 is 11.8 Å². The Bertz CT molecular complexity index is 825. The van der Waals surface area contributed by atoms with Gasteiger partial charge in [0.25, 0.3) is 5.56 Å². The van der Waals surface area contributed by atoms with E-state index >= 15 is 0 Å². The topological polar surface area (TPSA) is 37.3 Å². The normalized spacial score (nSPS) is 22.8. The molecule has 2 bridgehead atoms. The zero-order valence-corrected chi connectivity index (χ0v) is 14.7. The minimum atomic E-state index is 0.130. The number of rotatable bonds is 4. The summed E-state index contributed by atoms with van der Waals surface area (Å²) < 4.78 is 2.01. The van der Waals surface area contributed by atoms with Gasteiger partial charge < -0.3 is 14.8 Å². The van der Waals surface area contributed by atoms with E-state index in [0.29, 0.717) is 24.1 Å². The lowest BCUT2D eigenvalue weighted by Crippen LogP contribution is -2.45. The summed E-state index contributed by atoms with van der Waals surface area (Å²) in [6.45, 7) is 3.66. The first-order chi connectivity index (χ1) is 12.2. The molecule has 1 N–H and O–H groups in total. The van der Waals surface area contributed by atoms with Crippen LogP contribution in [0.5, 0.6) is 0 Å². The van der Waals surface area contributed by atoms with Crippen molar-refractivity contribution in [1.82, 2.24) is 9.47 Å². The Hall–Kier alpha value is -2.33. The van der Waals surface area contributed by atoms with E-state index in [-0.39, 0.29) is 5.56 Å². The molecule has 0 amide bonds. The maximum absolute atomic E-state index is 12.9. The van der Waals surface area contributed by atoms with Gasteiger partial charge in [-0.1, -0.05) is 42.5 Å². The smallest absolute Gasteiger partial charge is 0.274 e. The fourth-order valence-electron chi connectivity index (χ4n) is 4.25. The second-order valence-corrected chi connectivity index (χ2v) is 7.30. The summed E-state index contributed by atoms with van der Waals surface area (Å²) in [4.78, 5) is 15.2. The van der Waals surface area contributed by atoms with Crippen molar-refractivity contribution in [2.45, 2.75) is 18.9 Å². The molecule has 1 aromatic heterocycles. The number of likely N-dealkylation sites (N-methyl/N-ethyl adjacent to an activating group) is 1. The Labute approximate surface area is 148 Å². The minimum Gasteiger partial charge on any atom is -0.377 e. The van der Waals surface area contributed by atoms with Crippen LogP contribution in [0.2, 0.25) is 0 Å². The predicted octanol–water partition coefficient (Wildman–Crippen LogP) is 3.02. The third kappa shape index (κ3) is 3.40. The van der Waals surface area contributed by atoms with Gasteiger partial charge in [0.1, 0.15) is 5.69 Å². The maximum Gasteiger partial charge on any atom is 0.274 e. The Morgan fingerprint density at radius 1 is 1.12 bits per heavy atom. The summed E-state index contributed by atoms with van der Waals surface area (Å²) in [6, 6.07) is 14.3. The number of hydrogen-bond acceptors (Lipinski definition) is 3. The second kappa shape index (κ2) is 6.89. The highest BCUT2D eigenvalue weighted by Gasteiger charge is 2.33. The number of anilines is 1. The van der Waals surface area contributed by atoms with Crippen LogP contribution in [-0.4, -0.2) is 36.1 Å². The molecule has 4 rings (SSSR count). The van der Waals surface area contributed by atoms with Gasteiger partial charge in [-0.2, -0.15) is 0 Å². The van der Waals surface area contributed by atoms with Gasteiger partial charge in [0.2, 0.25) is 0 Å². The molecule has 3 heterocycles. The highest BCUT2D eigenvalue weighted by atomic mass is 16.1. The molecule has 0 spiro atoms. The fraction of sp³-hybridized carbons (Fsp3) is 0.381. The molecule has 1 fully saturated rings. The third-order valence-electron chi connectivity index (χ3n) is 5.31. The van der Waals surface area contributed by atoms with Crippen molar-refractivity contribution in [3.8, 4) is 0 Å². The first-order valence-electron chi connectivity index (χ1n) is 9.08. The molecule has 130 valence electrons. The van der Waals surface area contributed by atoms with Crippen LogP contribution in [0, 0.1) is 5.92 Å². The summed E-state index contributed by atoms with van der Waals surface area (Å²) in [5.41, 5.74) is 3.21. The summed E-state index contributed by atoms with van der Waals surface area (Å²) in [5.74, 6) is 1.10. The Balaban J connectivity index is 1.48. The number of aromatic nitrogens is 1. The van der Waals surface area contributed by atoms with Crippen molar-refractivity contribution in [2.24, 2.45) is 5.92 Å². The quantitative estimate of drug-likeness (QED) is 0.933. The van der Waals surface area contributed by atoms with Crippen molar-refractivity contribution in [2.75, 3.05) is 32.0 Å². The molecule has 1 saturated heterocycles. The van der Waals surface area contributed by atoms with Crippen molar-refractivity contribution in [1.29, 1.82) is 0 Å². The lowest BCUT2D eigenvalue weighted by molar-refractivity contribution is 0.145. The molecular formula is C21H25N3O. The summed E-state index contributed by atoms with van der Waals surface area (Å²) in [5, 5.41) is 3.28. The molecule has 0 unspecified atom stereocenters. The van der Waals surface area contributed by atoms with E-state index < -0.39 is 0 Å². The van der Waals surface area contributed by atoms with Gasteiger partial charge in [0, 0.05) is 37.8 Å². The molecule has 1 aromatic carbocycles. The molecule has 4 nitrogen and oxygen atoms in total. The Morgan fingerprint density at radius 2 is 1.96 bits per heavy atom. The van der Waals surface area contributed by atoms with E-state index in [1.54, 1.807) is 0 Å². The predicted molar refractivity (Wildman–Crippen MR) is 103 cm³/mol. The first kappa shape index (κ1) is 16.2.